The molecule has 21 heavy (non-hydrogen) atoms. The number of carbonyl (C=O) groups is 1. The minimum atomic E-state index is -0.265. The van der Waals surface area contributed by atoms with Crippen LogP contribution in [-0.2, 0) is 0 Å². The Morgan fingerprint density at radius 3 is 2.86 bits per heavy atom. The third-order valence-electron chi connectivity index (χ3n) is 2.70. The summed E-state index contributed by atoms with van der Waals surface area (Å²) in [6.45, 7) is 3.01. The molecule has 0 aromatic carbocycles. The first-order chi connectivity index (χ1) is 9.20. The number of pyridine rings is 1. The molecule has 8 heteroatoms. The van der Waals surface area contributed by atoms with E-state index >= 15 is 0 Å². The van der Waals surface area contributed by atoms with Gasteiger partial charge in [0.1, 0.15) is 0 Å². The summed E-state index contributed by atoms with van der Waals surface area (Å²) in [5.41, 5.74) is 6.52. The predicted molar refractivity (Wildman–Crippen MR) is 84.8 cm³/mol. The second-order valence-corrected chi connectivity index (χ2v) is 4.37. The fraction of sp³-hybridized carbons (Fsp3) is 0.308. The van der Waals surface area contributed by atoms with Gasteiger partial charge < -0.3 is 15.6 Å². The van der Waals surface area contributed by atoms with Crippen molar-refractivity contribution < 1.29 is 9.32 Å². The van der Waals surface area contributed by atoms with Crippen molar-refractivity contribution >= 4 is 30.7 Å². The minimum absolute atomic E-state index is 0. The number of rotatable bonds is 5. The first-order valence-corrected chi connectivity index (χ1v) is 6.06. The number of nitrogens with zero attached hydrogens (tertiary/aromatic N) is 2. The second kappa shape index (κ2) is 9.33. The first kappa shape index (κ1) is 19.4. The van der Waals surface area contributed by atoms with Gasteiger partial charge in [-0.15, -0.1) is 24.8 Å². The number of carbonyl (C=O) groups excluding carboxylic acids is 1. The molecule has 0 fully saturated rings. The molecule has 2 rings (SSSR count). The van der Waals surface area contributed by atoms with Gasteiger partial charge >= 0.3 is 0 Å². The Bertz CT molecular complexity index is 548. The molecular formula is C13H18Cl2N4O2. The zero-order valence-electron chi connectivity index (χ0n) is 11.5. The predicted octanol–water partition coefficient (Wildman–Crippen LogP) is 1.90. The third kappa shape index (κ3) is 5.34. The first-order valence-electron chi connectivity index (χ1n) is 6.06. The van der Waals surface area contributed by atoms with Crippen LogP contribution in [0, 0.1) is 5.92 Å². The van der Waals surface area contributed by atoms with E-state index in [0.717, 1.165) is 5.56 Å². The molecule has 0 radical (unpaired) electrons. The molecule has 0 saturated heterocycles. The van der Waals surface area contributed by atoms with Crippen molar-refractivity contribution in [1.29, 1.82) is 0 Å². The van der Waals surface area contributed by atoms with Gasteiger partial charge in [-0.2, -0.15) is 0 Å². The molecule has 0 bridgehead atoms. The fourth-order valence-electron chi connectivity index (χ4n) is 1.47. The van der Waals surface area contributed by atoms with Crippen LogP contribution in [0.2, 0.25) is 0 Å². The topological polar surface area (TPSA) is 94.0 Å². The summed E-state index contributed by atoms with van der Waals surface area (Å²) in [6, 6.07) is 5.23. The summed E-state index contributed by atoms with van der Waals surface area (Å²) >= 11 is 0. The fourth-order valence-corrected chi connectivity index (χ4v) is 1.47. The molecule has 3 N–H and O–H groups in total. The lowest BCUT2D eigenvalue weighted by atomic mass is 10.2. The highest BCUT2D eigenvalue weighted by Gasteiger charge is 2.14. The highest BCUT2D eigenvalue weighted by Crippen LogP contribution is 2.18. The Balaban J connectivity index is 0.00000200. The summed E-state index contributed by atoms with van der Waals surface area (Å²) in [5.74, 6) is 0.484. The highest BCUT2D eigenvalue weighted by molar-refractivity contribution is 5.93. The summed E-state index contributed by atoms with van der Waals surface area (Å²) in [7, 11) is 0. The van der Waals surface area contributed by atoms with Crippen LogP contribution < -0.4 is 11.1 Å². The summed E-state index contributed by atoms with van der Waals surface area (Å²) in [5, 5.41) is 6.51. The molecular weight excluding hydrogens is 315 g/mol. The van der Waals surface area contributed by atoms with Crippen molar-refractivity contribution in [3.05, 3.63) is 36.3 Å². The van der Waals surface area contributed by atoms with E-state index in [-0.39, 0.29) is 42.3 Å². The maximum atomic E-state index is 11.8. The van der Waals surface area contributed by atoms with Gasteiger partial charge in [0.25, 0.3) is 5.91 Å². The molecule has 6 nitrogen and oxygen atoms in total. The van der Waals surface area contributed by atoms with Gasteiger partial charge in [-0.25, -0.2) is 0 Å². The number of aromatic nitrogens is 2. The molecule has 0 aliphatic heterocycles. The quantitative estimate of drug-likeness (QED) is 0.872. The smallest absolute Gasteiger partial charge is 0.273 e. The molecule has 0 aliphatic carbocycles. The highest BCUT2D eigenvalue weighted by atomic mass is 35.5. The van der Waals surface area contributed by atoms with Crippen LogP contribution in [0.4, 0.5) is 0 Å². The number of hydrogen-bond donors (Lipinski definition) is 2. The van der Waals surface area contributed by atoms with Crippen LogP contribution in [0.25, 0.3) is 11.3 Å². The molecule has 2 aromatic rings. The van der Waals surface area contributed by atoms with Crippen LogP contribution in [0.15, 0.2) is 35.1 Å². The minimum Gasteiger partial charge on any atom is -0.355 e. The van der Waals surface area contributed by atoms with Gasteiger partial charge in [0.15, 0.2) is 11.5 Å². The van der Waals surface area contributed by atoms with Gasteiger partial charge in [-0.1, -0.05) is 12.1 Å². The van der Waals surface area contributed by atoms with Crippen LogP contribution in [0.1, 0.15) is 17.4 Å². The van der Waals surface area contributed by atoms with Gasteiger partial charge in [-0.05, 0) is 24.6 Å². The summed E-state index contributed by atoms with van der Waals surface area (Å²) < 4.78 is 5.13. The average Bonchev–Trinajstić information content (AvgIpc) is 2.95. The van der Waals surface area contributed by atoms with E-state index in [1.807, 2.05) is 13.0 Å². The van der Waals surface area contributed by atoms with Gasteiger partial charge in [0, 0.05) is 30.6 Å². The number of nitrogens with one attached hydrogen (secondary N) is 1. The van der Waals surface area contributed by atoms with Gasteiger partial charge in [0.05, 0.1) is 0 Å². The zero-order valence-corrected chi connectivity index (χ0v) is 13.1. The van der Waals surface area contributed by atoms with Crippen molar-refractivity contribution in [2.45, 2.75) is 6.92 Å². The molecule has 116 valence electrons. The van der Waals surface area contributed by atoms with E-state index in [2.05, 4.69) is 15.5 Å². The monoisotopic (exact) mass is 332 g/mol. The van der Waals surface area contributed by atoms with Crippen LogP contribution in [-0.4, -0.2) is 29.1 Å². The Kier molecular flexibility index (Phi) is 8.61. The van der Waals surface area contributed by atoms with E-state index in [9.17, 15) is 4.79 Å². The Morgan fingerprint density at radius 2 is 2.24 bits per heavy atom. The van der Waals surface area contributed by atoms with Crippen molar-refractivity contribution in [2.24, 2.45) is 11.7 Å². The van der Waals surface area contributed by atoms with Crippen LogP contribution in [0.5, 0.6) is 0 Å². The molecule has 2 aromatic heterocycles. The summed E-state index contributed by atoms with van der Waals surface area (Å²) in [6.07, 6.45) is 3.32. The van der Waals surface area contributed by atoms with E-state index in [1.165, 1.54) is 0 Å². The van der Waals surface area contributed by atoms with E-state index in [1.54, 1.807) is 24.5 Å². The standard InChI is InChI=1S/C13H16N4O2.2ClH/c1-9(6-14)7-16-13(18)11-5-12(19-17-11)10-3-2-4-15-8-10;;/h2-5,8-9H,6-7,14H2,1H3,(H,16,18);2*1H. The molecule has 0 spiro atoms. The van der Waals surface area contributed by atoms with E-state index in [4.69, 9.17) is 10.3 Å². The number of halogens is 2. The number of amides is 1. The van der Waals surface area contributed by atoms with E-state index in [0.29, 0.717) is 18.8 Å². The second-order valence-electron chi connectivity index (χ2n) is 4.37. The van der Waals surface area contributed by atoms with Crippen molar-refractivity contribution in [3.8, 4) is 11.3 Å². The van der Waals surface area contributed by atoms with Crippen LogP contribution >= 0.6 is 24.8 Å². The number of hydrogen-bond acceptors (Lipinski definition) is 5. The molecule has 0 saturated carbocycles. The zero-order chi connectivity index (χ0) is 13.7. The Hall–Kier alpha value is -1.63. The van der Waals surface area contributed by atoms with Crippen molar-refractivity contribution in [3.63, 3.8) is 0 Å². The average molecular weight is 333 g/mol. The molecule has 2 heterocycles. The Morgan fingerprint density at radius 1 is 1.48 bits per heavy atom. The van der Waals surface area contributed by atoms with Gasteiger partial charge in [-0.3, -0.25) is 9.78 Å². The molecule has 0 aliphatic rings. The van der Waals surface area contributed by atoms with Crippen molar-refractivity contribution in [2.75, 3.05) is 13.1 Å². The Labute approximate surface area is 135 Å². The van der Waals surface area contributed by atoms with Crippen LogP contribution in [0.3, 0.4) is 0 Å². The SMILES string of the molecule is CC(CN)CNC(=O)c1cc(-c2cccnc2)on1.Cl.Cl. The number of nitrogens with two attached hydrogens (primary N) is 1. The lowest BCUT2D eigenvalue weighted by Gasteiger charge is -2.08. The third-order valence-corrected chi connectivity index (χ3v) is 2.70. The van der Waals surface area contributed by atoms with Gasteiger partial charge in [0.2, 0.25) is 0 Å². The lowest BCUT2D eigenvalue weighted by molar-refractivity contribution is 0.0939. The largest absolute Gasteiger partial charge is 0.355 e. The maximum absolute atomic E-state index is 11.8. The molecule has 1 amide bonds. The lowest BCUT2D eigenvalue weighted by Crippen LogP contribution is -2.31. The molecule has 1 atom stereocenters. The molecule has 1 unspecified atom stereocenters. The van der Waals surface area contributed by atoms with Crippen molar-refractivity contribution in [1.82, 2.24) is 15.5 Å². The normalized spacial score (nSPS) is 11.0. The summed E-state index contributed by atoms with van der Waals surface area (Å²) in [4.78, 5) is 15.8. The maximum Gasteiger partial charge on any atom is 0.273 e. The van der Waals surface area contributed by atoms with E-state index < -0.39 is 0 Å².